The molecule has 5 heteroatoms. The number of nitrogens with one attached hydrogen (secondary N) is 1. The number of nitrogens with zero attached hydrogens (tertiary/aromatic N) is 3. The second-order valence-corrected chi connectivity index (χ2v) is 5.86. The van der Waals surface area contributed by atoms with Gasteiger partial charge < -0.3 is 5.32 Å². The molecular weight excluding hydrogens is 324 g/mol. The van der Waals surface area contributed by atoms with Gasteiger partial charge >= 0.3 is 0 Å². The number of hydrogen-bond donors (Lipinski definition) is 1. The Morgan fingerprint density at radius 2 is 1.15 bits per heavy atom. The predicted octanol–water partition coefficient (Wildman–Crippen LogP) is 6.99. The highest BCUT2D eigenvalue weighted by molar-refractivity contribution is 5.67. The minimum absolute atomic E-state index is 0.426. The van der Waals surface area contributed by atoms with Gasteiger partial charge in [-0.05, 0) is 71.3 Å². The first-order valence-electron chi connectivity index (χ1n) is 8.58. The van der Waals surface area contributed by atoms with E-state index in [1.54, 1.807) is 12.1 Å². The lowest BCUT2D eigenvalue weighted by molar-refractivity contribution is 0.980. The second-order valence-electron chi connectivity index (χ2n) is 5.86. The van der Waals surface area contributed by atoms with Gasteiger partial charge in [0.2, 0.25) is 0 Å². The Balaban J connectivity index is 1.66. The molecule has 0 aliphatic heterocycles. The van der Waals surface area contributed by atoms with E-state index in [1.807, 2.05) is 60.7 Å². The summed E-state index contributed by atoms with van der Waals surface area (Å²) in [4.78, 5) is 10.5. The number of anilines is 1. The van der Waals surface area contributed by atoms with Crippen molar-refractivity contribution >= 4 is 22.7 Å². The fourth-order valence-corrected chi connectivity index (χ4v) is 2.47. The first-order chi connectivity index (χ1) is 12.8. The standard InChI is InChI=1S/C21H20N4O/c1-2-15-22-18-11-13-20(14-12-18)24-23-19-7-3-16(4-8-19)17-5-9-21(25-26)10-6-17/h3-14,22H,2,15H2,1H3. The van der Waals surface area contributed by atoms with Crippen LogP contribution in [0.5, 0.6) is 0 Å². The van der Waals surface area contributed by atoms with Crippen molar-refractivity contribution in [1.29, 1.82) is 0 Å². The maximum absolute atomic E-state index is 10.5. The molecule has 3 rings (SSSR count). The van der Waals surface area contributed by atoms with Crippen molar-refractivity contribution in [3.05, 3.63) is 77.7 Å². The van der Waals surface area contributed by atoms with Crippen LogP contribution in [0.4, 0.5) is 22.7 Å². The summed E-state index contributed by atoms with van der Waals surface area (Å²) in [7, 11) is 0. The molecule has 3 aromatic carbocycles. The quantitative estimate of drug-likeness (QED) is 0.371. The highest BCUT2D eigenvalue weighted by Crippen LogP contribution is 2.26. The van der Waals surface area contributed by atoms with Gasteiger partial charge in [0.15, 0.2) is 0 Å². The average molecular weight is 344 g/mol. The van der Waals surface area contributed by atoms with E-state index >= 15 is 0 Å². The molecule has 26 heavy (non-hydrogen) atoms. The normalized spacial score (nSPS) is 10.8. The molecule has 0 aromatic heterocycles. The third-order valence-electron chi connectivity index (χ3n) is 3.90. The minimum Gasteiger partial charge on any atom is -0.385 e. The summed E-state index contributed by atoms with van der Waals surface area (Å²) < 4.78 is 0. The zero-order chi connectivity index (χ0) is 18.2. The van der Waals surface area contributed by atoms with Crippen LogP contribution in [0.2, 0.25) is 0 Å². The Morgan fingerprint density at radius 3 is 1.62 bits per heavy atom. The highest BCUT2D eigenvalue weighted by Gasteiger charge is 1.99. The first-order valence-corrected chi connectivity index (χ1v) is 8.58. The molecule has 130 valence electrons. The fraction of sp³-hybridized carbons (Fsp3) is 0.143. The van der Waals surface area contributed by atoms with E-state index in [0.29, 0.717) is 5.69 Å². The fourth-order valence-electron chi connectivity index (χ4n) is 2.47. The zero-order valence-corrected chi connectivity index (χ0v) is 14.6. The van der Waals surface area contributed by atoms with Gasteiger partial charge in [0.1, 0.15) is 5.69 Å². The second kappa shape index (κ2) is 8.67. The lowest BCUT2D eigenvalue weighted by Gasteiger charge is -2.04. The zero-order valence-electron chi connectivity index (χ0n) is 14.6. The van der Waals surface area contributed by atoms with Gasteiger partial charge in [-0.25, -0.2) is 0 Å². The molecule has 0 fully saturated rings. The monoisotopic (exact) mass is 344 g/mol. The van der Waals surface area contributed by atoms with Gasteiger partial charge in [-0.15, -0.1) is 4.91 Å². The van der Waals surface area contributed by atoms with Crippen LogP contribution in [0.3, 0.4) is 0 Å². The van der Waals surface area contributed by atoms with E-state index in [0.717, 1.165) is 41.2 Å². The Morgan fingerprint density at radius 1 is 0.692 bits per heavy atom. The van der Waals surface area contributed by atoms with E-state index in [1.165, 1.54) is 0 Å². The molecule has 0 amide bonds. The van der Waals surface area contributed by atoms with Crippen LogP contribution < -0.4 is 5.32 Å². The highest BCUT2D eigenvalue weighted by atomic mass is 16.3. The third-order valence-corrected chi connectivity index (χ3v) is 3.90. The van der Waals surface area contributed by atoms with E-state index in [-0.39, 0.29) is 0 Å². The molecule has 3 aromatic rings. The summed E-state index contributed by atoms with van der Waals surface area (Å²) in [5.41, 5.74) is 5.19. The van der Waals surface area contributed by atoms with E-state index < -0.39 is 0 Å². The van der Waals surface area contributed by atoms with E-state index in [9.17, 15) is 4.91 Å². The SMILES string of the molecule is CCCNc1ccc(N=Nc2ccc(-c3ccc(N=O)cc3)cc2)cc1. The Labute approximate surface area is 152 Å². The summed E-state index contributed by atoms with van der Waals surface area (Å²) in [6.45, 7) is 3.10. The van der Waals surface area contributed by atoms with Crippen LogP contribution in [-0.2, 0) is 0 Å². The van der Waals surface area contributed by atoms with Crippen molar-refractivity contribution in [2.24, 2.45) is 15.4 Å². The molecule has 1 N–H and O–H groups in total. The molecule has 0 saturated carbocycles. The van der Waals surface area contributed by atoms with Crippen LogP contribution in [0.1, 0.15) is 13.3 Å². The van der Waals surface area contributed by atoms with Gasteiger partial charge in [-0.2, -0.15) is 10.2 Å². The van der Waals surface area contributed by atoms with Gasteiger partial charge in [0.25, 0.3) is 0 Å². The van der Waals surface area contributed by atoms with Crippen LogP contribution in [0.25, 0.3) is 11.1 Å². The van der Waals surface area contributed by atoms with Crippen LogP contribution in [0.15, 0.2) is 88.2 Å². The third kappa shape index (κ3) is 4.60. The number of rotatable bonds is 7. The molecule has 0 aliphatic rings. The van der Waals surface area contributed by atoms with Crippen molar-refractivity contribution in [3.63, 3.8) is 0 Å². The van der Waals surface area contributed by atoms with Gasteiger partial charge in [-0.1, -0.05) is 31.2 Å². The lowest BCUT2D eigenvalue weighted by atomic mass is 10.1. The summed E-state index contributed by atoms with van der Waals surface area (Å²) in [5, 5.41) is 14.8. The van der Waals surface area contributed by atoms with E-state index in [2.05, 4.69) is 27.6 Å². The predicted molar refractivity (Wildman–Crippen MR) is 107 cm³/mol. The summed E-state index contributed by atoms with van der Waals surface area (Å²) in [5.74, 6) is 0. The molecule has 5 nitrogen and oxygen atoms in total. The number of hydrogen-bond acceptors (Lipinski definition) is 5. The Kier molecular flexibility index (Phi) is 5.83. The molecule has 0 saturated heterocycles. The molecule has 0 unspecified atom stereocenters. The Bertz CT molecular complexity index is 869. The molecule has 0 spiro atoms. The molecule has 0 heterocycles. The first kappa shape index (κ1) is 17.5. The minimum atomic E-state index is 0.426. The maximum Gasteiger partial charge on any atom is 0.108 e. The van der Waals surface area contributed by atoms with Crippen molar-refractivity contribution in [1.82, 2.24) is 0 Å². The number of nitroso groups, excluding NO2 is 1. The topological polar surface area (TPSA) is 66.2 Å². The maximum atomic E-state index is 10.5. The van der Waals surface area contributed by atoms with Crippen LogP contribution in [0, 0.1) is 4.91 Å². The van der Waals surface area contributed by atoms with Crippen molar-refractivity contribution in [3.8, 4) is 11.1 Å². The summed E-state index contributed by atoms with van der Waals surface area (Å²) in [6, 6.07) is 22.9. The average Bonchev–Trinajstić information content (AvgIpc) is 2.72. The largest absolute Gasteiger partial charge is 0.385 e. The summed E-state index contributed by atoms with van der Waals surface area (Å²) in [6.07, 6.45) is 1.09. The number of azo groups is 1. The summed E-state index contributed by atoms with van der Waals surface area (Å²) >= 11 is 0. The van der Waals surface area contributed by atoms with Crippen molar-refractivity contribution in [2.75, 3.05) is 11.9 Å². The van der Waals surface area contributed by atoms with Crippen LogP contribution in [-0.4, -0.2) is 6.54 Å². The molecule has 0 radical (unpaired) electrons. The van der Waals surface area contributed by atoms with Gasteiger partial charge in [0, 0.05) is 12.2 Å². The van der Waals surface area contributed by atoms with Crippen molar-refractivity contribution < 1.29 is 0 Å². The lowest BCUT2D eigenvalue weighted by Crippen LogP contribution is -1.98. The van der Waals surface area contributed by atoms with Crippen molar-refractivity contribution in [2.45, 2.75) is 13.3 Å². The van der Waals surface area contributed by atoms with Crippen LogP contribution >= 0.6 is 0 Å². The van der Waals surface area contributed by atoms with E-state index in [4.69, 9.17) is 0 Å². The smallest absolute Gasteiger partial charge is 0.108 e. The van der Waals surface area contributed by atoms with Gasteiger partial charge in [-0.3, -0.25) is 0 Å². The molecular formula is C21H20N4O. The molecule has 0 atom stereocenters. The molecule has 0 aliphatic carbocycles. The Hall–Kier alpha value is -3.34. The molecule has 0 bridgehead atoms. The van der Waals surface area contributed by atoms with Gasteiger partial charge in [0.05, 0.1) is 11.4 Å². The number of benzene rings is 3.